The first-order valence-corrected chi connectivity index (χ1v) is 8.01. The maximum absolute atomic E-state index is 13.0. The molecule has 1 N–H and O–H groups in total. The highest BCUT2D eigenvalue weighted by atomic mass is 16.4. The summed E-state index contributed by atoms with van der Waals surface area (Å²) in [6, 6.07) is 11.3. The number of fused-ring (bicyclic) bond motifs is 3. The summed E-state index contributed by atoms with van der Waals surface area (Å²) in [5.41, 5.74) is 2.68. The number of aromatic nitrogens is 3. The van der Waals surface area contributed by atoms with Gasteiger partial charge in [0.15, 0.2) is 0 Å². The molecule has 1 aliphatic heterocycles. The summed E-state index contributed by atoms with van der Waals surface area (Å²) in [5.74, 6) is 0. The van der Waals surface area contributed by atoms with Crippen LogP contribution in [0, 0.1) is 11.3 Å². The molecule has 0 saturated carbocycles. The monoisotopic (exact) mass is 333 g/mol. The van der Waals surface area contributed by atoms with Gasteiger partial charge in [-0.2, -0.15) is 5.26 Å². The quantitative estimate of drug-likeness (QED) is 0.450. The van der Waals surface area contributed by atoms with Crippen molar-refractivity contribution in [2.24, 2.45) is 5.16 Å². The van der Waals surface area contributed by atoms with Crippen molar-refractivity contribution in [2.75, 3.05) is 0 Å². The number of benzene rings is 1. The Bertz CT molecular complexity index is 1090. The molecule has 124 valence electrons. The Morgan fingerprint density at radius 3 is 2.88 bits per heavy atom. The Kier molecular flexibility index (Phi) is 3.58. The Hall–Kier alpha value is -3.40. The maximum atomic E-state index is 13.0. The second-order valence-electron chi connectivity index (χ2n) is 5.98. The summed E-state index contributed by atoms with van der Waals surface area (Å²) >= 11 is 0. The van der Waals surface area contributed by atoms with Crippen LogP contribution in [-0.4, -0.2) is 25.0 Å². The highest BCUT2D eigenvalue weighted by molar-refractivity contribution is 6.00. The summed E-state index contributed by atoms with van der Waals surface area (Å²) < 4.78 is 3.31. The zero-order valence-corrected chi connectivity index (χ0v) is 13.4. The minimum absolute atomic E-state index is 0.106. The molecule has 7 nitrogen and oxygen atoms in total. The molecule has 0 spiro atoms. The van der Waals surface area contributed by atoms with E-state index in [1.54, 1.807) is 0 Å². The van der Waals surface area contributed by atoms with Gasteiger partial charge in [-0.1, -0.05) is 35.5 Å². The minimum Gasteiger partial charge on any atom is -0.411 e. The molecule has 0 amide bonds. The van der Waals surface area contributed by atoms with Crippen molar-refractivity contribution in [3.63, 3.8) is 0 Å². The topological polar surface area (TPSA) is 96.2 Å². The van der Waals surface area contributed by atoms with Crippen molar-refractivity contribution in [1.29, 1.82) is 5.26 Å². The normalized spacial score (nSPS) is 13.8. The van der Waals surface area contributed by atoms with E-state index in [2.05, 4.69) is 16.2 Å². The number of rotatable bonds is 3. The molecule has 7 heteroatoms. The first-order chi connectivity index (χ1) is 12.2. The molecular weight excluding hydrogens is 318 g/mol. The first kappa shape index (κ1) is 15.1. The third-order valence-electron chi connectivity index (χ3n) is 4.60. The van der Waals surface area contributed by atoms with Crippen LogP contribution in [0.2, 0.25) is 0 Å². The van der Waals surface area contributed by atoms with Crippen LogP contribution in [0.1, 0.15) is 23.4 Å². The lowest BCUT2D eigenvalue weighted by molar-refractivity contribution is 0.317. The zero-order valence-electron chi connectivity index (χ0n) is 13.4. The van der Waals surface area contributed by atoms with Gasteiger partial charge < -0.3 is 9.77 Å². The third-order valence-corrected chi connectivity index (χ3v) is 4.60. The highest BCUT2D eigenvalue weighted by Gasteiger charge is 2.25. The number of nitriles is 1. The van der Waals surface area contributed by atoms with Crippen molar-refractivity contribution < 1.29 is 5.21 Å². The number of hydrogen-bond acceptors (Lipinski definition) is 5. The van der Waals surface area contributed by atoms with Gasteiger partial charge in [-0.05, 0) is 12.8 Å². The van der Waals surface area contributed by atoms with Crippen molar-refractivity contribution >= 4 is 16.6 Å². The largest absolute Gasteiger partial charge is 0.411 e. The van der Waals surface area contributed by atoms with E-state index in [-0.39, 0.29) is 12.1 Å². The third kappa shape index (κ3) is 2.31. The number of nitrogens with zero attached hydrogens (tertiary/aromatic N) is 5. The molecule has 3 aromatic rings. The van der Waals surface area contributed by atoms with E-state index in [0.29, 0.717) is 22.3 Å². The Morgan fingerprint density at radius 1 is 1.36 bits per heavy atom. The predicted octanol–water partition coefficient (Wildman–Crippen LogP) is 1.89. The smallest absolute Gasteiger partial charge is 0.263 e. The molecule has 0 saturated heterocycles. The molecule has 0 bridgehead atoms. The fourth-order valence-electron chi connectivity index (χ4n) is 3.44. The van der Waals surface area contributed by atoms with Gasteiger partial charge in [0.2, 0.25) is 0 Å². The van der Waals surface area contributed by atoms with Crippen LogP contribution in [0.5, 0.6) is 0 Å². The van der Waals surface area contributed by atoms with E-state index in [0.717, 1.165) is 30.6 Å². The van der Waals surface area contributed by atoms with E-state index in [1.165, 1.54) is 10.9 Å². The second-order valence-corrected chi connectivity index (χ2v) is 5.98. The van der Waals surface area contributed by atoms with Crippen LogP contribution in [0.3, 0.4) is 0 Å². The van der Waals surface area contributed by atoms with Crippen LogP contribution in [-0.2, 0) is 19.5 Å². The van der Waals surface area contributed by atoms with Crippen LogP contribution < -0.4 is 5.56 Å². The minimum atomic E-state index is -0.214. The molecule has 0 atom stereocenters. The predicted molar refractivity (Wildman–Crippen MR) is 91.8 cm³/mol. The van der Waals surface area contributed by atoms with Gasteiger partial charge in [-0.15, -0.1) is 0 Å². The molecule has 0 unspecified atom stereocenters. The van der Waals surface area contributed by atoms with E-state index in [4.69, 9.17) is 0 Å². The number of oxime groups is 1. The molecule has 0 radical (unpaired) electrons. The fraction of sp³-hybridized carbons (Fsp3) is 0.222. The molecule has 0 fully saturated rings. The summed E-state index contributed by atoms with van der Waals surface area (Å²) in [6.07, 6.45) is 3.09. The van der Waals surface area contributed by atoms with Crippen molar-refractivity contribution in [2.45, 2.75) is 25.9 Å². The summed E-state index contributed by atoms with van der Waals surface area (Å²) in [6.45, 7) is 0.843. The van der Waals surface area contributed by atoms with Crippen LogP contribution in [0.25, 0.3) is 10.9 Å². The molecule has 0 aliphatic carbocycles. The first-order valence-electron chi connectivity index (χ1n) is 8.01. The summed E-state index contributed by atoms with van der Waals surface area (Å²) in [7, 11) is 0. The lowest BCUT2D eigenvalue weighted by Crippen LogP contribution is -2.25. The van der Waals surface area contributed by atoms with E-state index >= 15 is 0 Å². The highest BCUT2D eigenvalue weighted by Crippen LogP contribution is 2.27. The lowest BCUT2D eigenvalue weighted by Gasteiger charge is -2.08. The van der Waals surface area contributed by atoms with E-state index in [1.807, 2.05) is 34.9 Å². The van der Waals surface area contributed by atoms with Crippen molar-refractivity contribution in [3.05, 3.63) is 64.0 Å². The number of hydrogen-bond donors (Lipinski definition) is 1. The second kappa shape index (κ2) is 5.91. The van der Waals surface area contributed by atoms with Gasteiger partial charge in [0, 0.05) is 17.8 Å². The molecule has 4 rings (SSSR count). The molecule has 1 aromatic carbocycles. The number of aryl methyl sites for hydroxylation is 1. The molecule has 3 heterocycles. The van der Waals surface area contributed by atoms with Gasteiger partial charge in [0.25, 0.3) is 5.56 Å². The van der Waals surface area contributed by atoms with Gasteiger partial charge >= 0.3 is 0 Å². The zero-order chi connectivity index (χ0) is 17.4. The van der Waals surface area contributed by atoms with E-state index in [9.17, 15) is 15.3 Å². The van der Waals surface area contributed by atoms with Crippen molar-refractivity contribution in [3.8, 4) is 6.07 Å². The Labute approximate surface area is 143 Å². The summed E-state index contributed by atoms with van der Waals surface area (Å²) in [4.78, 5) is 17.3. The molecule has 25 heavy (non-hydrogen) atoms. The standard InChI is InChI=1S/C18H15N5O2/c19-9-15-17-16(14-7-4-8-23(14)15)18(24)22(11-20-17)10-13(21-25)12-5-2-1-3-6-12/h1-3,5-6,11,25H,4,7-8,10H2/b21-13+. The van der Waals surface area contributed by atoms with Gasteiger partial charge in [0.1, 0.15) is 23.0 Å². The Morgan fingerprint density at radius 2 is 2.16 bits per heavy atom. The van der Waals surface area contributed by atoms with Gasteiger partial charge in [0.05, 0.1) is 18.3 Å². The van der Waals surface area contributed by atoms with Crippen LogP contribution >= 0.6 is 0 Å². The average Bonchev–Trinajstić information content (AvgIpc) is 3.22. The van der Waals surface area contributed by atoms with E-state index < -0.39 is 0 Å². The fourth-order valence-corrected chi connectivity index (χ4v) is 3.44. The Balaban J connectivity index is 1.84. The van der Waals surface area contributed by atoms with Crippen molar-refractivity contribution in [1.82, 2.24) is 14.1 Å². The van der Waals surface area contributed by atoms with Crippen LogP contribution in [0.4, 0.5) is 0 Å². The van der Waals surface area contributed by atoms with Crippen LogP contribution in [0.15, 0.2) is 46.6 Å². The van der Waals surface area contributed by atoms with Gasteiger partial charge in [-0.3, -0.25) is 9.36 Å². The molecular formula is C18H15N5O2. The molecule has 1 aliphatic rings. The SMILES string of the molecule is N#Cc1c2ncn(C/C(=N\O)c3ccccc3)c(=O)c2c2n1CCC2. The summed E-state index contributed by atoms with van der Waals surface area (Å²) in [5, 5.41) is 22.6. The average molecular weight is 333 g/mol. The van der Waals surface area contributed by atoms with Gasteiger partial charge in [-0.25, -0.2) is 4.98 Å². The maximum Gasteiger partial charge on any atom is 0.263 e. The lowest BCUT2D eigenvalue weighted by atomic mass is 10.1. The molecule has 2 aromatic heterocycles.